The number of fused-ring (bicyclic) bond motifs is 1. The van der Waals surface area contributed by atoms with Crippen molar-refractivity contribution in [3.63, 3.8) is 0 Å². The third-order valence-electron chi connectivity index (χ3n) is 4.16. The molecule has 0 bridgehead atoms. The van der Waals surface area contributed by atoms with E-state index in [2.05, 4.69) is 4.57 Å². The number of hydrogen-bond donors (Lipinski definition) is 0. The average Bonchev–Trinajstić information content (AvgIpc) is 2.93. The van der Waals surface area contributed by atoms with Crippen LogP contribution in [0.5, 0.6) is 0 Å². The summed E-state index contributed by atoms with van der Waals surface area (Å²) in [4.78, 5) is 21.8. The van der Waals surface area contributed by atoms with Crippen molar-refractivity contribution in [2.75, 3.05) is 0 Å². The van der Waals surface area contributed by atoms with Crippen LogP contribution in [0.25, 0.3) is 22.2 Å². The van der Waals surface area contributed by atoms with Crippen molar-refractivity contribution in [1.29, 1.82) is 0 Å². The number of nitrogens with zero attached hydrogens (tertiary/aromatic N) is 2. The first-order valence-electron chi connectivity index (χ1n) is 8.01. The van der Waals surface area contributed by atoms with Gasteiger partial charge in [0.15, 0.2) is 0 Å². The van der Waals surface area contributed by atoms with Crippen LogP contribution in [0.4, 0.5) is 5.69 Å². The second-order valence-corrected chi connectivity index (χ2v) is 5.67. The smallest absolute Gasteiger partial charge is 0.302 e. The van der Waals surface area contributed by atoms with Crippen LogP contribution in [0.3, 0.4) is 0 Å². The van der Waals surface area contributed by atoms with Crippen LogP contribution in [0.15, 0.2) is 48.5 Å². The summed E-state index contributed by atoms with van der Waals surface area (Å²) in [5, 5.41) is 11.9. The Bertz CT molecular complexity index is 942. The lowest BCUT2D eigenvalue weighted by molar-refractivity contribution is -0.384. The number of aromatic nitrogens is 1. The minimum atomic E-state index is -0.418. The van der Waals surface area contributed by atoms with Crippen molar-refractivity contribution in [2.24, 2.45) is 0 Å². The van der Waals surface area contributed by atoms with E-state index in [1.807, 2.05) is 31.2 Å². The lowest BCUT2D eigenvalue weighted by Gasteiger charge is -2.11. The molecule has 0 aliphatic heterocycles. The van der Waals surface area contributed by atoms with E-state index in [4.69, 9.17) is 4.74 Å². The van der Waals surface area contributed by atoms with Crippen LogP contribution in [0.2, 0.25) is 0 Å². The molecule has 0 amide bonds. The molecule has 6 nitrogen and oxygen atoms in total. The van der Waals surface area contributed by atoms with E-state index >= 15 is 0 Å². The Kier molecular flexibility index (Phi) is 4.52. The molecule has 25 heavy (non-hydrogen) atoms. The molecule has 0 aliphatic carbocycles. The molecule has 3 rings (SSSR count). The number of ether oxygens (including phenoxy) is 1. The van der Waals surface area contributed by atoms with Gasteiger partial charge in [-0.1, -0.05) is 18.2 Å². The maximum atomic E-state index is 11.3. The molecule has 6 heteroatoms. The predicted molar refractivity (Wildman–Crippen MR) is 95.2 cm³/mol. The Labute approximate surface area is 144 Å². The highest BCUT2D eigenvalue weighted by Gasteiger charge is 2.19. The van der Waals surface area contributed by atoms with Crippen molar-refractivity contribution in [1.82, 2.24) is 4.57 Å². The van der Waals surface area contributed by atoms with Crippen molar-refractivity contribution >= 4 is 22.6 Å². The normalized spacial score (nSPS) is 10.8. The van der Waals surface area contributed by atoms with Crippen LogP contribution in [0.1, 0.15) is 19.4 Å². The van der Waals surface area contributed by atoms with Crippen LogP contribution in [0, 0.1) is 10.1 Å². The summed E-state index contributed by atoms with van der Waals surface area (Å²) < 4.78 is 7.39. The van der Waals surface area contributed by atoms with Crippen LogP contribution in [-0.4, -0.2) is 15.5 Å². The number of non-ortho nitro benzene ring substituents is 1. The fraction of sp³-hybridized carbons (Fsp3) is 0.211. The van der Waals surface area contributed by atoms with Gasteiger partial charge in [0.2, 0.25) is 0 Å². The molecule has 0 fully saturated rings. The van der Waals surface area contributed by atoms with Crippen molar-refractivity contribution in [2.45, 2.75) is 27.0 Å². The summed E-state index contributed by atoms with van der Waals surface area (Å²) >= 11 is 0. The highest BCUT2D eigenvalue weighted by Crippen LogP contribution is 2.35. The second kappa shape index (κ2) is 6.76. The summed E-state index contributed by atoms with van der Waals surface area (Å²) in [5.74, 6) is -0.344. The van der Waals surface area contributed by atoms with Crippen LogP contribution < -0.4 is 0 Å². The van der Waals surface area contributed by atoms with Gasteiger partial charge >= 0.3 is 5.97 Å². The Morgan fingerprint density at radius 1 is 1.16 bits per heavy atom. The van der Waals surface area contributed by atoms with Gasteiger partial charge in [0, 0.05) is 42.1 Å². The van der Waals surface area contributed by atoms with Gasteiger partial charge in [-0.25, -0.2) is 0 Å². The van der Waals surface area contributed by atoms with Crippen molar-refractivity contribution in [3.8, 4) is 11.3 Å². The highest BCUT2D eigenvalue weighted by atomic mass is 16.6. The molecule has 1 aromatic heterocycles. The number of aryl methyl sites for hydroxylation is 1. The maximum Gasteiger partial charge on any atom is 0.302 e. The van der Waals surface area contributed by atoms with Gasteiger partial charge < -0.3 is 9.30 Å². The Balaban J connectivity index is 2.22. The fourth-order valence-electron chi connectivity index (χ4n) is 3.09. The molecule has 0 saturated heterocycles. The number of nitro benzene ring substituents is 1. The quantitative estimate of drug-likeness (QED) is 0.395. The molecule has 0 N–H and O–H groups in total. The molecule has 0 unspecified atom stereocenters. The monoisotopic (exact) mass is 338 g/mol. The third kappa shape index (κ3) is 3.10. The number of rotatable bonds is 5. The van der Waals surface area contributed by atoms with E-state index in [0.717, 1.165) is 34.3 Å². The van der Waals surface area contributed by atoms with Gasteiger partial charge in [-0.15, -0.1) is 0 Å². The molecule has 0 radical (unpaired) electrons. The lowest BCUT2D eigenvalue weighted by Crippen LogP contribution is -2.02. The first-order chi connectivity index (χ1) is 12.0. The largest absolute Gasteiger partial charge is 0.461 e. The fourth-order valence-corrected chi connectivity index (χ4v) is 3.09. The zero-order chi connectivity index (χ0) is 18.0. The molecule has 0 atom stereocenters. The zero-order valence-electron chi connectivity index (χ0n) is 14.1. The van der Waals surface area contributed by atoms with Crippen molar-refractivity contribution < 1.29 is 14.5 Å². The molecule has 0 saturated carbocycles. The first kappa shape index (κ1) is 16.7. The van der Waals surface area contributed by atoms with Crippen molar-refractivity contribution in [3.05, 3.63) is 64.2 Å². The lowest BCUT2D eigenvalue weighted by atomic mass is 10.1. The summed E-state index contributed by atoms with van der Waals surface area (Å²) in [6.07, 6.45) is 0. The number of benzene rings is 2. The highest BCUT2D eigenvalue weighted by molar-refractivity contribution is 5.92. The summed E-state index contributed by atoms with van der Waals surface area (Å²) in [6, 6.07) is 14.4. The SMILES string of the molecule is CCn1c(-c2ccc([N+](=O)[O-])cc2)c(COC(C)=O)c2ccccc21. The number of carbonyl (C=O) groups is 1. The number of hydrogen-bond acceptors (Lipinski definition) is 4. The molecular weight excluding hydrogens is 320 g/mol. The van der Waals surface area contributed by atoms with E-state index in [1.54, 1.807) is 12.1 Å². The Morgan fingerprint density at radius 3 is 2.44 bits per heavy atom. The molecule has 3 aromatic rings. The minimum absolute atomic E-state index is 0.0458. The predicted octanol–water partition coefficient (Wildman–Crippen LogP) is 4.30. The summed E-state index contributed by atoms with van der Waals surface area (Å²) in [5.41, 5.74) is 3.76. The van der Waals surface area contributed by atoms with Gasteiger partial charge in [0.05, 0.1) is 10.6 Å². The molecule has 1 heterocycles. The molecule has 2 aromatic carbocycles. The molecule has 0 spiro atoms. The minimum Gasteiger partial charge on any atom is -0.461 e. The third-order valence-corrected chi connectivity index (χ3v) is 4.16. The Hall–Kier alpha value is -3.15. The van der Waals surface area contributed by atoms with E-state index in [1.165, 1.54) is 19.1 Å². The van der Waals surface area contributed by atoms with E-state index < -0.39 is 4.92 Å². The van der Waals surface area contributed by atoms with Gasteiger partial charge in [-0.2, -0.15) is 0 Å². The van der Waals surface area contributed by atoms with Crippen LogP contribution in [-0.2, 0) is 22.7 Å². The summed E-state index contributed by atoms with van der Waals surface area (Å²) in [7, 11) is 0. The number of carbonyl (C=O) groups excluding carboxylic acids is 1. The standard InChI is InChI=1S/C19H18N2O4/c1-3-20-18-7-5-4-6-16(18)17(12-25-13(2)22)19(20)14-8-10-15(11-9-14)21(23)24/h4-11H,3,12H2,1-2H3. The van der Waals surface area contributed by atoms with Gasteiger partial charge in [-0.3, -0.25) is 14.9 Å². The number of nitro groups is 1. The Morgan fingerprint density at radius 2 is 1.84 bits per heavy atom. The maximum absolute atomic E-state index is 11.3. The molecule has 0 aliphatic rings. The topological polar surface area (TPSA) is 74.4 Å². The van der Waals surface area contributed by atoms with Gasteiger partial charge in [-0.05, 0) is 30.7 Å². The van der Waals surface area contributed by atoms with E-state index in [-0.39, 0.29) is 18.3 Å². The summed E-state index contributed by atoms with van der Waals surface area (Å²) in [6.45, 7) is 4.31. The molecular formula is C19H18N2O4. The number of esters is 1. The zero-order valence-corrected chi connectivity index (χ0v) is 14.1. The average molecular weight is 338 g/mol. The second-order valence-electron chi connectivity index (χ2n) is 5.67. The molecule has 128 valence electrons. The van der Waals surface area contributed by atoms with E-state index in [9.17, 15) is 14.9 Å². The van der Waals surface area contributed by atoms with Gasteiger partial charge in [0.25, 0.3) is 5.69 Å². The van der Waals surface area contributed by atoms with Gasteiger partial charge in [0.1, 0.15) is 6.61 Å². The first-order valence-corrected chi connectivity index (χ1v) is 8.01. The van der Waals surface area contributed by atoms with Crippen LogP contribution >= 0.6 is 0 Å². The van der Waals surface area contributed by atoms with E-state index in [0.29, 0.717) is 0 Å². The number of para-hydroxylation sites is 1.